The van der Waals surface area contributed by atoms with Crippen molar-refractivity contribution in [1.29, 1.82) is 0 Å². The first kappa shape index (κ1) is 7.10. The number of piperidine rings is 1. The molecule has 1 amide bonds. The van der Waals surface area contributed by atoms with Crippen LogP contribution in [0.15, 0.2) is 0 Å². The molecule has 11 heavy (non-hydrogen) atoms. The molecule has 2 heterocycles. The Balaban J connectivity index is 2.08. The van der Waals surface area contributed by atoms with Gasteiger partial charge in [-0.1, -0.05) is 0 Å². The monoisotopic (exact) mass is 154 g/mol. The highest BCUT2D eigenvalue weighted by Gasteiger charge is 2.35. The Morgan fingerprint density at radius 3 is 3.00 bits per heavy atom. The van der Waals surface area contributed by atoms with Crippen LogP contribution in [0.25, 0.3) is 0 Å². The molecule has 0 saturated carbocycles. The van der Waals surface area contributed by atoms with Crippen LogP contribution in [0.5, 0.6) is 0 Å². The SMILES string of the molecule is CC(=O)N1C[C@@H]2CNC[C@H]1C2. The van der Waals surface area contributed by atoms with Crippen molar-refractivity contribution >= 4 is 5.91 Å². The molecular weight excluding hydrogens is 140 g/mol. The molecule has 0 radical (unpaired) electrons. The zero-order valence-corrected chi connectivity index (χ0v) is 6.84. The molecule has 3 heteroatoms. The standard InChI is InChI=1S/C8H14N2O/c1-6(11)10-5-7-2-8(10)4-9-3-7/h7-9H,2-5H2,1H3/t7-,8+/m0/s1. The lowest BCUT2D eigenvalue weighted by molar-refractivity contribution is -0.129. The zero-order chi connectivity index (χ0) is 7.84. The number of nitrogens with zero attached hydrogens (tertiary/aromatic N) is 1. The Morgan fingerprint density at radius 2 is 2.36 bits per heavy atom. The summed E-state index contributed by atoms with van der Waals surface area (Å²) in [5.41, 5.74) is 0. The second-order valence-corrected chi connectivity index (χ2v) is 3.59. The Labute approximate surface area is 66.8 Å². The van der Waals surface area contributed by atoms with E-state index in [2.05, 4.69) is 5.32 Å². The molecule has 0 aromatic carbocycles. The van der Waals surface area contributed by atoms with Crippen molar-refractivity contribution < 1.29 is 4.79 Å². The van der Waals surface area contributed by atoms with Gasteiger partial charge in [-0.25, -0.2) is 0 Å². The van der Waals surface area contributed by atoms with E-state index in [1.165, 1.54) is 6.42 Å². The van der Waals surface area contributed by atoms with E-state index in [0.717, 1.165) is 25.6 Å². The summed E-state index contributed by atoms with van der Waals surface area (Å²) in [7, 11) is 0. The van der Waals surface area contributed by atoms with Crippen molar-refractivity contribution in [3.8, 4) is 0 Å². The summed E-state index contributed by atoms with van der Waals surface area (Å²) in [6.45, 7) is 4.74. The Bertz CT molecular complexity index is 181. The minimum absolute atomic E-state index is 0.237. The number of hydrogen-bond donors (Lipinski definition) is 1. The summed E-state index contributed by atoms with van der Waals surface area (Å²) in [5.74, 6) is 0.957. The maximum absolute atomic E-state index is 11.1. The molecule has 3 nitrogen and oxygen atoms in total. The molecule has 0 unspecified atom stereocenters. The van der Waals surface area contributed by atoms with E-state index in [1.807, 2.05) is 4.90 Å². The van der Waals surface area contributed by atoms with Gasteiger partial charge >= 0.3 is 0 Å². The lowest BCUT2D eigenvalue weighted by Crippen LogP contribution is -2.40. The number of amides is 1. The highest BCUT2D eigenvalue weighted by atomic mass is 16.2. The van der Waals surface area contributed by atoms with Crippen LogP contribution in [0.1, 0.15) is 13.3 Å². The first-order chi connectivity index (χ1) is 5.27. The van der Waals surface area contributed by atoms with Crippen LogP contribution in [-0.2, 0) is 4.79 Å². The molecule has 2 fully saturated rings. The van der Waals surface area contributed by atoms with Crippen LogP contribution >= 0.6 is 0 Å². The predicted molar refractivity (Wildman–Crippen MR) is 42.2 cm³/mol. The van der Waals surface area contributed by atoms with Gasteiger partial charge in [0.2, 0.25) is 5.91 Å². The van der Waals surface area contributed by atoms with Crippen LogP contribution < -0.4 is 5.32 Å². The van der Waals surface area contributed by atoms with Crippen molar-refractivity contribution in [2.45, 2.75) is 19.4 Å². The second kappa shape index (κ2) is 2.48. The fourth-order valence-electron chi connectivity index (χ4n) is 2.19. The van der Waals surface area contributed by atoms with E-state index < -0.39 is 0 Å². The molecule has 2 aliphatic rings. The number of likely N-dealkylation sites (tertiary alicyclic amines) is 1. The lowest BCUT2D eigenvalue weighted by Gasteiger charge is -2.23. The van der Waals surface area contributed by atoms with Crippen LogP contribution in [0.4, 0.5) is 0 Å². The summed E-state index contributed by atoms with van der Waals surface area (Å²) in [6.07, 6.45) is 1.21. The largest absolute Gasteiger partial charge is 0.338 e. The molecule has 2 aliphatic heterocycles. The summed E-state index contributed by atoms with van der Waals surface area (Å²) >= 11 is 0. The molecule has 1 N–H and O–H groups in total. The molecule has 2 bridgehead atoms. The molecule has 0 aromatic rings. The molecule has 0 spiro atoms. The summed E-state index contributed by atoms with van der Waals surface area (Å²) < 4.78 is 0. The zero-order valence-electron chi connectivity index (χ0n) is 6.84. The van der Waals surface area contributed by atoms with Crippen molar-refractivity contribution in [2.75, 3.05) is 19.6 Å². The van der Waals surface area contributed by atoms with E-state index >= 15 is 0 Å². The normalized spacial score (nSPS) is 35.9. The number of fused-ring (bicyclic) bond motifs is 2. The van der Waals surface area contributed by atoms with Gasteiger partial charge in [-0.05, 0) is 18.9 Å². The first-order valence-electron chi connectivity index (χ1n) is 4.25. The number of nitrogens with one attached hydrogen (secondary N) is 1. The van der Waals surface area contributed by atoms with Gasteiger partial charge < -0.3 is 10.2 Å². The molecule has 2 rings (SSSR count). The van der Waals surface area contributed by atoms with Crippen molar-refractivity contribution in [1.82, 2.24) is 10.2 Å². The Morgan fingerprint density at radius 1 is 1.55 bits per heavy atom. The van der Waals surface area contributed by atoms with Crippen LogP contribution in [0.3, 0.4) is 0 Å². The summed E-state index contributed by atoms with van der Waals surface area (Å²) in [4.78, 5) is 13.1. The molecule has 0 aromatic heterocycles. The lowest BCUT2D eigenvalue weighted by atomic mass is 10.0. The van der Waals surface area contributed by atoms with Gasteiger partial charge in [-0.2, -0.15) is 0 Å². The van der Waals surface area contributed by atoms with E-state index in [1.54, 1.807) is 6.92 Å². The van der Waals surface area contributed by atoms with Crippen LogP contribution in [-0.4, -0.2) is 36.5 Å². The molecule has 2 atom stereocenters. The average Bonchev–Trinajstić information content (AvgIpc) is 2.27. The minimum atomic E-state index is 0.237. The third-order valence-electron chi connectivity index (χ3n) is 2.72. The molecule has 2 saturated heterocycles. The van der Waals surface area contributed by atoms with Crippen molar-refractivity contribution in [3.05, 3.63) is 0 Å². The minimum Gasteiger partial charge on any atom is -0.338 e. The maximum atomic E-state index is 11.1. The van der Waals surface area contributed by atoms with Gasteiger partial charge in [0, 0.05) is 26.1 Å². The second-order valence-electron chi connectivity index (χ2n) is 3.59. The Hall–Kier alpha value is -0.570. The number of carbonyl (C=O) groups is 1. The fraction of sp³-hybridized carbons (Fsp3) is 0.875. The molecule has 62 valence electrons. The van der Waals surface area contributed by atoms with E-state index in [4.69, 9.17) is 0 Å². The fourth-order valence-corrected chi connectivity index (χ4v) is 2.19. The van der Waals surface area contributed by atoms with E-state index in [9.17, 15) is 4.79 Å². The number of hydrogen-bond acceptors (Lipinski definition) is 2. The third-order valence-corrected chi connectivity index (χ3v) is 2.72. The van der Waals surface area contributed by atoms with Crippen molar-refractivity contribution in [2.24, 2.45) is 5.92 Å². The van der Waals surface area contributed by atoms with Gasteiger partial charge in [0.05, 0.1) is 0 Å². The van der Waals surface area contributed by atoms with Crippen molar-refractivity contribution in [3.63, 3.8) is 0 Å². The van der Waals surface area contributed by atoms with Gasteiger partial charge in [0.1, 0.15) is 0 Å². The van der Waals surface area contributed by atoms with Gasteiger partial charge in [-0.3, -0.25) is 4.79 Å². The van der Waals surface area contributed by atoms with E-state index in [0.29, 0.717) is 6.04 Å². The topological polar surface area (TPSA) is 32.3 Å². The summed E-state index contributed by atoms with van der Waals surface area (Å²) in [5, 5.41) is 3.34. The predicted octanol–water partition coefficient (Wildman–Crippen LogP) is -0.173. The quantitative estimate of drug-likeness (QED) is 0.525. The highest BCUT2D eigenvalue weighted by molar-refractivity contribution is 5.74. The Kier molecular flexibility index (Phi) is 1.60. The van der Waals surface area contributed by atoms with Crippen LogP contribution in [0.2, 0.25) is 0 Å². The summed E-state index contributed by atoms with van der Waals surface area (Å²) in [6, 6.07) is 0.492. The average molecular weight is 154 g/mol. The van der Waals surface area contributed by atoms with Crippen LogP contribution in [0, 0.1) is 5.92 Å². The first-order valence-corrected chi connectivity index (χ1v) is 4.25. The highest BCUT2D eigenvalue weighted by Crippen LogP contribution is 2.25. The van der Waals surface area contributed by atoms with Gasteiger partial charge in [0.25, 0.3) is 0 Å². The molecular formula is C8H14N2O. The number of carbonyl (C=O) groups excluding carboxylic acids is 1. The van der Waals surface area contributed by atoms with E-state index in [-0.39, 0.29) is 5.91 Å². The smallest absolute Gasteiger partial charge is 0.219 e. The third kappa shape index (κ3) is 1.13. The maximum Gasteiger partial charge on any atom is 0.219 e. The van der Waals surface area contributed by atoms with Gasteiger partial charge in [0.15, 0.2) is 0 Å². The molecule has 0 aliphatic carbocycles. The van der Waals surface area contributed by atoms with Gasteiger partial charge in [-0.15, -0.1) is 0 Å². The number of rotatable bonds is 0.